The molecule has 2 heterocycles. The maximum Gasteiger partial charge on any atom is 0.268 e. The number of nitrogens with zero attached hydrogens (tertiary/aromatic N) is 2. The van der Waals surface area contributed by atoms with Crippen molar-refractivity contribution in [2.45, 2.75) is 18.8 Å². The van der Waals surface area contributed by atoms with E-state index in [9.17, 15) is 18.8 Å². The number of carbonyl (C=O) groups excluding carboxylic acids is 3. The predicted octanol–water partition coefficient (Wildman–Crippen LogP) is 0.635. The van der Waals surface area contributed by atoms with E-state index in [-0.39, 0.29) is 30.2 Å². The Morgan fingerprint density at radius 1 is 1.40 bits per heavy atom. The Kier molecular flexibility index (Phi) is 4.30. The molecule has 0 spiro atoms. The van der Waals surface area contributed by atoms with Crippen molar-refractivity contribution in [1.82, 2.24) is 5.06 Å². The molecule has 1 atom stereocenters. The molecule has 2 amide bonds. The Morgan fingerprint density at radius 2 is 2.16 bits per heavy atom. The van der Waals surface area contributed by atoms with Crippen LogP contribution in [-0.2, 0) is 24.6 Å². The van der Waals surface area contributed by atoms with Gasteiger partial charge in [0.05, 0.1) is 5.69 Å². The van der Waals surface area contributed by atoms with Crippen LogP contribution in [0.5, 0.6) is 0 Å². The molecule has 1 aromatic carbocycles. The second-order valence-corrected chi connectivity index (χ2v) is 5.93. The van der Waals surface area contributed by atoms with Crippen molar-refractivity contribution in [3.8, 4) is 0 Å². The van der Waals surface area contributed by atoms with Crippen LogP contribution in [0.2, 0.25) is 0 Å². The molecular weight excluding hydrogens is 329 g/mol. The molecule has 2 aliphatic rings. The molecule has 0 bridgehead atoms. The zero-order valence-electron chi connectivity index (χ0n) is 13.7. The molecular formula is C17H18FN3O4. The molecule has 25 heavy (non-hydrogen) atoms. The molecule has 0 unspecified atom stereocenters. The van der Waals surface area contributed by atoms with Crippen molar-refractivity contribution in [2.24, 2.45) is 5.73 Å². The number of hydrogen-bond donors (Lipinski definition) is 1. The monoisotopic (exact) mass is 347 g/mol. The fourth-order valence-corrected chi connectivity index (χ4v) is 3.04. The van der Waals surface area contributed by atoms with Gasteiger partial charge in [0.25, 0.3) is 5.91 Å². The number of rotatable bonds is 4. The summed E-state index contributed by atoms with van der Waals surface area (Å²) in [6, 6.07) is 4.09. The van der Waals surface area contributed by atoms with Gasteiger partial charge >= 0.3 is 0 Å². The first-order valence-electron chi connectivity index (χ1n) is 7.92. The minimum absolute atomic E-state index is 0.0192. The Labute approximate surface area is 143 Å². The number of halogens is 1. The van der Waals surface area contributed by atoms with Crippen LogP contribution in [0, 0.1) is 5.82 Å². The molecule has 3 rings (SSSR count). The molecule has 2 N–H and O–H groups in total. The van der Waals surface area contributed by atoms with Crippen LogP contribution in [0.3, 0.4) is 0 Å². The topological polar surface area (TPSA) is 92.9 Å². The summed E-state index contributed by atoms with van der Waals surface area (Å²) in [5, 5.41) is 1.05. The normalized spacial score (nSPS) is 23.4. The lowest BCUT2D eigenvalue weighted by Crippen LogP contribution is -2.49. The summed E-state index contributed by atoms with van der Waals surface area (Å²) in [5.41, 5.74) is 4.14. The summed E-state index contributed by atoms with van der Waals surface area (Å²) >= 11 is 0. The highest BCUT2D eigenvalue weighted by Crippen LogP contribution is 2.35. The largest absolute Gasteiger partial charge is 0.368 e. The molecule has 1 aromatic rings. The van der Waals surface area contributed by atoms with Crippen LogP contribution >= 0.6 is 0 Å². The van der Waals surface area contributed by atoms with Crippen LogP contribution in [0.25, 0.3) is 0 Å². The van der Waals surface area contributed by atoms with Gasteiger partial charge in [0.2, 0.25) is 5.91 Å². The zero-order chi connectivity index (χ0) is 18.2. The first-order valence-corrected chi connectivity index (χ1v) is 7.92. The summed E-state index contributed by atoms with van der Waals surface area (Å²) in [7, 11) is 0. The first-order chi connectivity index (χ1) is 11.9. The van der Waals surface area contributed by atoms with E-state index in [0.29, 0.717) is 13.0 Å². The lowest BCUT2D eigenvalue weighted by molar-refractivity contribution is -0.160. The molecule has 0 saturated carbocycles. The van der Waals surface area contributed by atoms with Gasteiger partial charge in [0.1, 0.15) is 12.4 Å². The highest BCUT2D eigenvalue weighted by molar-refractivity contribution is 6.11. The molecule has 2 aliphatic heterocycles. The van der Waals surface area contributed by atoms with Crippen LogP contribution < -0.4 is 10.6 Å². The molecule has 132 valence electrons. The van der Waals surface area contributed by atoms with E-state index in [4.69, 9.17) is 10.6 Å². The summed E-state index contributed by atoms with van der Waals surface area (Å²) in [4.78, 5) is 42.7. The van der Waals surface area contributed by atoms with E-state index in [1.165, 1.54) is 24.4 Å². The van der Waals surface area contributed by atoms with Crippen LogP contribution in [0.15, 0.2) is 30.5 Å². The van der Waals surface area contributed by atoms with E-state index >= 15 is 0 Å². The lowest BCUT2D eigenvalue weighted by atomic mass is 9.80. The van der Waals surface area contributed by atoms with Crippen molar-refractivity contribution in [3.63, 3.8) is 0 Å². The smallest absolute Gasteiger partial charge is 0.268 e. The highest BCUT2D eigenvalue weighted by Gasteiger charge is 2.54. The average molecular weight is 347 g/mol. The average Bonchev–Trinajstić information content (AvgIpc) is 2.93. The third-order valence-electron chi connectivity index (χ3n) is 4.53. The summed E-state index contributed by atoms with van der Waals surface area (Å²) in [6.07, 6.45) is 3.19. The van der Waals surface area contributed by atoms with Crippen molar-refractivity contribution in [2.75, 3.05) is 24.6 Å². The summed E-state index contributed by atoms with van der Waals surface area (Å²) < 4.78 is 14.6. The standard InChI is InChI=1S/C17H18FN3O4/c1-2-21-16(24)17(10-25-21,15(19)23)11-3-4-14(13(18)9-11)20-7-5-12(22)6-8-20/h3-5,7,9H,2,6,8,10H2,1H3,(H2,19,23)/t17-/m0/s1. The Balaban J connectivity index is 1.99. The Bertz CT molecular complexity index is 779. The first kappa shape index (κ1) is 17.1. The quantitative estimate of drug-likeness (QED) is 0.807. The van der Waals surface area contributed by atoms with E-state index in [1.54, 1.807) is 11.8 Å². The van der Waals surface area contributed by atoms with Crippen LogP contribution in [0.4, 0.5) is 10.1 Å². The van der Waals surface area contributed by atoms with Crippen molar-refractivity contribution < 1.29 is 23.6 Å². The molecule has 0 radical (unpaired) electrons. The number of carbonyl (C=O) groups is 3. The highest BCUT2D eigenvalue weighted by atomic mass is 19.1. The summed E-state index contributed by atoms with van der Waals surface area (Å²) in [6.45, 7) is 2.05. The van der Waals surface area contributed by atoms with Crippen molar-refractivity contribution in [1.29, 1.82) is 0 Å². The van der Waals surface area contributed by atoms with Gasteiger partial charge in [0, 0.05) is 25.7 Å². The minimum atomic E-state index is -1.73. The molecule has 7 nitrogen and oxygen atoms in total. The van der Waals surface area contributed by atoms with Gasteiger partial charge in [-0.05, 0) is 30.7 Å². The van der Waals surface area contributed by atoms with E-state index in [1.807, 2.05) is 0 Å². The van der Waals surface area contributed by atoms with E-state index in [2.05, 4.69) is 0 Å². The van der Waals surface area contributed by atoms with E-state index in [0.717, 1.165) is 11.1 Å². The number of benzene rings is 1. The van der Waals surface area contributed by atoms with Crippen molar-refractivity contribution in [3.05, 3.63) is 41.9 Å². The Morgan fingerprint density at radius 3 is 2.68 bits per heavy atom. The van der Waals surface area contributed by atoms with E-state index < -0.39 is 23.0 Å². The predicted molar refractivity (Wildman–Crippen MR) is 86.7 cm³/mol. The number of primary amides is 1. The maximum absolute atomic E-state index is 14.6. The lowest BCUT2D eigenvalue weighted by Gasteiger charge is -2.26. The molecule has 1 fully saturated rings. The Hall–Kier alpha value is -2.74. The number of allylic oxidation sites excluding steroid dienone is 1. The molecule has 0 aromatic heterocycles. The van der Waals surface area contributed by atoms with Gasteiger partial charge in [-0.2, -0.15) is 0 Å². The number of nitrogens with two attached hydrogens (primary N) is 1. The van der Waals surface area contributed by atoms with Crippen LogP contribution in [0.1, 0.15) is 18.9 Å². The number of likely N-dealkylation sites (N-methyl/N-ethyl adjacent to an activating group) is 1. The van der Waals surface area contributed by atoms with Gasteiger partial charge in [-0.15, -0.1) is 0 Å². The molecule has 8 heteroatoms. The number of hydroxylamine groups is 2. The second kappa shape index (κ2) is 6.29. The van der Waals surface area contributed by atoms with Crippen LogP contribution in [-0.4, -0.2) is 42.4 Å². The van der Waals surface area contributed by atoms with Gasteiger partial charge in [-0.1, -0.05) is 6.07 Å². The fraction of sp³-hybridized carbons (Fsp3) is 0.353. The number of ketones is 1. The van der Waals surface area contributed by atoms with Gasteiger partial charge < -0.3 is 10.6 Å². The second-order valence-electron chi connectivity index (χ2n) is 5.93. The SMILES string of the molecule is CCN1OC[C@@](C(N)=O)(c2ccc(N3C=CC(=O)CC3)c(F)c2)C1=O. The van der Waals surface area contributed by atoms with Gasteiger partial charge in [0.15, 0.2) is 11.2 Å². The third kappa shape index (κ3) is 2.68. The number of hydrogen-bond acceptors (Lipinski definition) is 5. The number of amides is 2. The molecule has 0 aliphatic carbocycles. The fourth-order valence-electron chi connectivity index (χ4n) is 3.04. The van der Waals surface area contributed by atoms with Crippen molar-refractivity contribution >= 4 is 23.3 Å². The maximum atomic E-state index is 14.6. The minimum Gasteiger partial charge on any atom is -0.368 e. The number of anilines is 1. The zero-order valence-corrected chi connectivity index (χ0v) is 13.7. The van der Waals surface area contributed by atoms with Gasteiger partial charge in [-0.25, -0.2) is 9.45 Å². The van der Waals surface area contributed by atoms with Gasteiger partial charge in [-0.3, -0.25) is 19.2 Å². The summed E-state index contributed by atoms with van der Waals surface area (Å²) in [5.74, 6) is -2.11. The molecule has 1 saturated heterocycles. The third-order valence-corrected chi connectivity index (χ3v) is 4.53.